The van der Waals surface area contributed by atoms with Crippen LogP contribution in [0.4, 0.5) is 13.2 Å². The Hall–Kier alpha value is -0.250. The first-order chi connectivity index (χ1) is 5.85. The van der Waals surface area contributed by atoms with Gasteiger partial charge in [0.25, 0.3) is 0 Å². The van der Waals surface area contributed by atoms with E-state index in [1.54, 1.807) is 13.8 Å². The number of aliphatic hydroxyl groups is 1. The van der Waals surface area contributed by atoms with Gasteiger partial charge in [-0.25, -0.2) is 0 Å². The molecule has 1 nitrogen and oxygen atoms in total. The van der Waals surface area contributed by atoms with Crippen molar-refractivity contribution in [1.29, 1.82) is 0 Å². The molecule has 0 spiro atoms. The van der Waals surface area contributed by atoms with Gasteiger partial charge in [-0.15, -0.1) is 0 Å². The fourth-order valence-electron chi connectivity index (χ4n) is 1.65. The van der Waals surface area contributed by atoms with Crippen molar-refractivity contribution in [3.05, 3.63) is 0 Å². The number of alkyl halides is 3. The van der Waals surface area contributed by atoms with Gasteiger partial charge in [-0.1, -0.05) is 20.3 Å². The molecular weight excluding hydrogens is 181 g/mol. The average Bonchev–Trinajstić information content (AvgIpc) is 2.80. The molecule has 1 aliphatic carbocycles. The second-order valence-corrected chi connectivity index (χ2v) is 3.98. The van der Waals surface area contributed by atoms with Gasteiger partial charge in [-0.3, -0.25) is 0 Å². The fraction of sp³-hybridized carbons (Fsp3) is 1.00. The lowest BCUT2D eigenvalue weighted by molar-refractivity contribution is -0.220. The molecule has 2 unspecified atom stereocenters. The van der Waals surface area contributed by atoms with Crippen LogP contribution in [-0.4, -0.2) is 17.4 Å². The van der Waals surface area contributed by atoms with Crippen molar-refractivity contribution in [2.24, 2.45) is 11.3 Å². The van der Waals surface area contributed by atoms with Crippen LogP contribution in [0.15, 0.2) is 0 Å². The lowest BCUT2D eigenvalue weighted by Gasteiger charge is -2.28. The van der Waals surface area contributed by atoms with Gasteiger partial charge in [0.05, 0.1) is 11.5 Å². The van der Waals surface area contributed by atoms with Crippen LogP contribution in [0.1, 0.15) is 33.1 Å². The molecule has 0 aromatic rings. The first kappa shape index (κ1) is 10.8. The maximum Gasteiger partial charge on any atom is 0.396 e. The molecule has 1 rings (SSSR count). The summed E-state index contributed by atoms with van der Waals surface area (Å²) in [7, 11) is 0. The molecule has 0 bridgehead atoms. The minimum atomic E-state index is -4.24. The maximum atomic E-state index is 12.5. The highest BCUT2D eigenvalue weighted by Crippen LogP contribution is 2.61. The van der Waals surface area contributed by atoms with Gasteiger partial charge >= 0.3 is 6.18 Å². The van der Waals surface area contributed by atoms with E-state index in [0.717, 1.165) is 0 Å². The van der Waals surface area contributed by atoms with E-state index in [-0.39, 0.29) is 18.8 Å². The summed E-state index contributed by atoms with van der Waals surface area (Å²) in [5.74, 6) is -0.274. The predicted molar refractivity (Wildman–Crippen MR) is 43.2 cm³/mol. The van der Waals surface area contributed by atoms with E-state index in [9.17, 15) is 18.3 Å². The number of hydrogen-bond donors (Lipinski definition) is 1. The van der Waals surface area contributed by atoms with E-state index in [2.05, 4.69) is 0 Å². The van der Waals surface area contributed by atoms with Crippen LogP contribution >= 0.6 is 0 Å². The number of hydrogen-bond acceptors (Lipinski definition) is 1. The minimum Gasteiger partial charge on any atom is -0.392 e. The topological polar surface area (TPSA) is 20.2 Å². The molecule has 4 heteroatoms. The Balaban J connectivity index is 2.71. The zero-order valence-electron chi connectivity index (χ0n) is 7.86. The highest BCUT2D eigenvalue weighted by molar-refractivity contribution is 5.05. The molecule has 0 aliphatic heterocycles. The zero-order valence-corrected chi connectivity index (χ0v) is 7.86. The van der Waals surface area contributed by atoms with Crippen molar-refractivity contribution >= 4 is 0 Å². The van der Waals surface area contributed by atoms with E-state index in [4.69, 9.17) is 0 Å². The highest BCUT2D eigenvalue weighted by Gasteiger charge is 2.67. The lowest BCUT2D eigenvalue weighted by atomic mass is 9.87. The highest BCUT2D eigenvalue weighted by atomic mass is 19.4. The van der Waals surface area contributed by atoms with Gasteiger partial charge in [0.1, 0.15) is 0 Å². The summed E-state index contributed by atoms with van der Waals surface area (Å²) in [6.07, 6.45) is -4.71. The molecule has 1 fully saturated rings. The molecule has 0 amide bonds. The van der Waals surface area contributed by atoms with Crippen LogP contribution in [-0.2, 0) is 0 Å². The van der Waals surface area contributed by atoms with Gasteiger partial charge in [0, 0.05) is 0 Å². The van der Waals surface area contributed by atoms with Gasteiger partial charge in [0.15, 0.2) is 0 Å². The second-order valence-electron chi connectivity index (χ2n) is 3.98. The molecule has 1 saturated carbocycles. The van der Waals surface area contributed by atoms with Crippen molar-refractivity contribution in [3.63, 3.8) is 0 Å². The Kier molecular flexibility index (Phi) is 2.63. The summed E-state index contributed by atoms with van der Waals surface area (Å²) in [4.78, 5) is 0. The monoisotopic (exact) mass is 196 g/mol. The van der Waals surface area contributed by atoms with Crippen LogP contribution in [0.2, 0.25) is 0 Å². The van der Waals surface area contributed by atoms with Crippen LogP contribution in [0.25, 0.3) is 0 Å². The molecule has 13 heavy (non-hydrogen) atoms. The standard InChI is InChI=1S/C9H15F3O/c1-3-6(2)7(13)8(4-5-8)9(10,11)12/h6-7,13H,3-5H2,1-2H3. The lowest BCUT2D eigenvalue weighted by Crippen LogP contribution is -2.39. The van der Waals surface area contributed by atoms with Gasteiger partial charge in [0.2, 0.25) is 0 Å². The smallest absolute Gasteiger partial charge is 0.392 e. The third-order valence-corrected chi connectivity index (χ3v) is 3.10. The van der Waals surface area contributed by atoms with Crippen LogP contribution in [0.3, 0.4) is 0 Å². The molecule has 0 aromatic heterocycles. The predicted octanol–water partition coefficient (Wildman–Crippen LogP) is 2.74. The summed E-state index contributed by atoms with van der Waals surface area (Å²) < 4.78 is 37.4. The summed E-state index contributed by atoms with van der Waals surface area (Å²) in [6.45, 7) is 3.46. The third kappa shape index (κ3) is 1.68. The SMILES string of the molecule is CCC(C)C(O)C1(C(F)(F)F)CC1. The second kappa shape index (κ2) is 3.15. The molecule has 1 aliphatic rings. The van der Waals surface area contributed by atoms with Crippen molar-refractivity contribution in [3.8, 4) is 0 Å². The maximum absolute atomic E-state index is 12.5. The van der Waals surface area contributed by atoms with Crippen LogP contribution in [0.5, 0.6) is 0 Å². The minimum absolute atomic E-state index is 0.0853. The molecule has 0 aromatic carbocycles. The molecule has 0 radical (unpaired) electrons. The van der Waals surface area contributed by atoms with Crippen molar-refractivity contribution in [1.82, 2.24) is 0 Å². The van der Waals surface area contributed by atoms with Gasteiger partial charge in [-0.05, 0) is 18.8 Å². The third-order valence-electron chi connectivity index (χ3n) is 3.10. The molecule has 0 saturated heterocycles. The molecule has 2 atom stereocenters. The first-order valence-corrected chi connectivity index (χ1v) is 4.60. The first-order valence-electron chi connectivity index (χ1n) is 4.60. The van der Waals surface area contributed by atoms with Crippen molar-refractivity contribution in [2.45, 2.75) is 45.4 Å². The number of halogens is 3. The summed E-state index contributed by atoms with van der Waals surface area (Å²) in [6, 6.07) is 0. The summed E-state index contributed by atoms with van der Waals surface area (Å²) in [5, 5.41) is 9.52. The van der Waals surface area contributed by atoms with E-state index in [0.29, 0.717) is 6.42 Å². The number of rotatable bonds is 3. The van der Waals surface area contributed by atoms with Gasteiger partial charge in [-0.2, -0.15) is 13.2 Å². The molecular formula is C9H15F3O. The normalized spacial score (nSPS) is 25.4. The van der Waals surface area contributed by atoms with E-state index >= 15 is 0 Å². The average molecular weight is 196 g/mol. The Labute approximate surface area is 75.9 Å². The summed E-state index contributed by atoms with van der Waals surface area (Å²) >= 11 is 0. The fourth-order valence-corrected chi connectivity index (χ4v) is 1.65. The van der Waals surface area contributed by atoms with Crippen molar-refractivity contribution < 1.29 is 18.3 Å². The molecule has 1 N–H and O–H groups in total. The Morgan fingerprint density at radius 1 is 1.38 bits per heavy atom. The van der Waals surface area contributed by atoms with Crippen LogP contribution < -0.4 is 0 Å². The molecule has 78 valence electrons. The largest absolute Gasteiger partial charge is 0.396 e. The van der Waals surface area contributed by atoms with Gasteiger partial charge < -0.3 is 5.11 Å². The Morgan fingerprint density at radius 3 is 2.08 bits per heavy atom. The van der Waals surface area contributed by atoms with Crippen molar-refractivity contribution in [2.75, 3.05) is 0 Å². The summed E-state index contributed by atoms with van der Waals surface area (Å²) in [5.41, 5.74) is -1.78. The molecule has 0 heterocycles. The Morgan fingerprint density at radius 2 is 1.85 bits per heavy atom. The zero-order chi connectivity index (χ0) is 10.3. The van der Waals surface area contributed by atoms with E-state index in [1.807, 2.05) is 0 Å². The Bertz CT molecular complexity index is 184. The number of aliphatic hydroxyl groups excluding tert-OH is 1. The van der Waals surface area contributed by atoms with Crippen LogP contribution in [0, 0.1) is 11.3 Å². The van der Waals surface area contributed by atoms with E-state index < -0.39 is 17.7 Å². The van der Waals surface area contributed by atoms with E-state index in [1.165, 1.54) is 0 Å². The quantitative estimate of drug-likeness (QED) is 0.735.